The minimum Gasteiger partial charge on any atom is -0.352 e. The van der Waals surface area contributed by atoms with Crippen molar-refractivity contribution in [3.63, 3.8) is 0 Å². The number of aromatic nitrogens is 1. The molecule has 1 aromatic heterocycles. The maximum absolute atomic E-state index is 12.7. The lowest BCUT2D eigenvalue weighted by atomic mass is 10.1. The van der Waals surface area contributed by atoms with E-state index in [1.54, 1.807) is 0 Å². The van der Waals surface area contributed by atoms with Crippen LogP contribution in [0.15, 0.2) is 36.5 Å². The van der Waals surface area contributed by atoms with Crippen LogP contribution in [0.4, 0.5) is 10.5 Å². The van der Waals surface area contributed by atoms with Gasteiger partial charge in [0.05, 0.1) is 5.69 Å². The second-order valence-electron chi connectivity index (χ2n) is 5.71. The lowest BCUT2D eigenvalue weighted by molar-refractivity contribution is 0.213. The van der Waals surface area contributed by atoms with Gasteiger partial charge in [-0.05, 0) is 37.6 Å². The average Bonchev–Trinajstić information content (AvgIpc) is 3.09. The summed E-state index contributed by atoms with van der Waals surface area (Å²) in [5.41, 5.74) is 4.35. The number of carbonyl (C=O) groups excluding carboxylic acids is 1. The van der Waals surface area contributed by atoms with Crippen molar-refractivity contribution in [2.45, 2.75) is 19.2 Å². The Labute approximate surface area is 135 Å². The predicted octanol–water partition coefficient (Wildman–Crippen LogP) is 3.92. The standard InChI is InChI=1S/C17H21N3OS/c1-12-6-7-14(13(2)11-12)18-17(21)20-9-10-22-16(20)15-5-4-8-19(15)3/h4-8,11,16H,9-10H2,1-3H3,(H,18,21). The number of urea groups is 1. The summed E-state index contributed by atoms with van der Waals surface area (Å²) in [7, 11) is 2.02. The number of amides is 2. The Hall–Kier alpha value is -1.88. The van der Waals surface area contributed by atoms with E-state index in [9.17, 15) is 4.79 Å². The van der Waals surface area contributed by atoms with Gasteiger partial charge < -0.3 is 14.8 Å². The molecule has 1 aliphatic rings. The molecular formula is C17H21N3OS. The van der Waals surface area contributed by atoms with Gasteiger partial charge in [0.2, 0.25) is 0 Å². The second kappa shape index (κ2) is 6.08. The summed E-state index contributed by atoms with van der Waals surface area (Å²) in [6.45, 7) is 4.86. The summed E-state index contributed by atoms with van der Waals surface area (Å²) >= 11 is 1.81. The van der Waals surface area contributed by atoms with Crippen LogP contribution in [0.5, 0.6) is 0 Å². The molecule has 22 heavy (non-hydrogen) atoms. The van der Waals surface area contributed by atoms with E-state index in [4.69, 9.17) is 0 Å². The first kappa shape index (κ1) is 15.0. The quantitative estimate of drug-likeness (QED) is 0.912. The fourth-order valence-corrected chi connectivity index (χ4v) is 4.12. The van der Waals surface area contributed by atoms with Crippen molar-refractivity contribution in [2.75, 3.05) is 17.6 Å². The Bertz CT molecular complexity index is 695. The van der Waals surface area contributed by atoms with Crippen molar-refractivity contribution >= 4 is 23.5 Å². The first-order valence-corrected chi connectivity index (χ1v) is 8.49. The molecule has 1 N–H and O–H groups in total. The molecular weight excluding hydrogens is 294 g/mol. The molecule has 0 aliphatic carbocycles. The van der Waals surface area contributed by atoms with Gasteiger partial charge in [0.15, 0.2) is 0 Å². The molecule has 0 bridgehead atoms. The van der Waals surface area contributed by atoms with Gasteiger partial charge in [-0.15, -0.1) is 11.8 Å². The highest BCUT2D eigenvalue weighted by molar-refractivity contribution is 7.99. The van der Waals surface area contributed by atoms with E-state index < -0.39 is 0 Å². The molecule has 5 heteroatoms. The highest BCUT2D eigenvalue weighted by atomic mass is 32.2. The molecule has 1 aliphatic heterocycles. The third kappa shape index (κ3) is 2.86. The fraction of sp³-hybridized carbons (Fsp3) is 0.353. The van der Waals surface area contributed by atoms with Gasteiger partial charge in [-0.25, -0.2) is 4.79 Å². The van der Waals surface area contributed by atoms with Crippen LogP contribution in [0.1, 0.15) is 22.2 Å². The number of nitrogens with zero attached hydrogens (tertiary/aromatic N) is 2. The Balaban J connectivity index is 1.78. The van der Waals surface area contributed by atoms with Crippen molar-refractivity contribution in [1.82, 2.24) is 9.47 Å². The molecule has 0 radical (unpaired) electrons. The van der Waals surface area contributed by atoms with Gasteiger partial charge in [0.1, 0.15) is 5.37 Å². The lowest BCUT2D eigenvalue weighted by Crippen LogP contribution is -2.35. The number of hydrogen-bond acceptors (Lipinski definition) is 2. The van der Waals surface area contributed by atoms with E-state index in [-0.39, 0.29) is 11.4 Å². The zero-order valence-electron chi connectivity index (χ0n) is 13.2. The van der Waals surface area contributed by atoms with E-state index in [1.165, 1.54) is 11.3 Å². The Morgan fingerprint density at radius 3 is 2.82 bits per heavy atom. The molecule has 1 atom stereocenters. The zero-order valence-corrected chi connectivity index (χ0v) is 14.0. The van der Waals surface area contributed by atoms with Gasteiger partial charge in [-0.1, -0.05) is 17.7 Å². The third-order valence-corrected chi connectivity index (χ3v) is 5.24. The highest BCUT2D eigenvalue weighted by Gasteiger charge is 2.32. The minimum atomic E-state index is -0.0249. The van der Waals surface area contributed by atoms with Crippen molar-refractivity contribution in [1.29, 1.82) is 0 Å². The summed E-state index contributed by atoms with van der Waals surface area (Å²) in [4.78, 5) is 14.6. The molecule has 1 aromatic carbocycles. The van der Waals surface area contributed by atoms with Gasteiger partial charge in [0.25, 0.3) is 0 Å². The number of nitrogens with one attached hydrogen (secondary N) is 1. The number of anilines is 1. The van der Waals surface area contributed by atoms with Crippen molar-refractivity contribution in [2.24, 2.45) is 7.05 Å². The molecule has 1 fully saturated rings. The molecule has 0 saturated carbocycles. The summed E-state index contributed by atoms with van der Waals surface area (Å²) in [5, 5.41) is 3.14. The zero-order chi connectivity index (χ0) is 15.7. The SMILES string of the molecule is Cc1ccc(NC(=O)N2CCSC2c2cccn2C)c(C)c1. The molecule has 116 valence electrons. The highest BCUT2D eigenvalue weighted by Crippen LogP contribution is 2.38. The molecule has 3 rings (SSSR count). The number of hydrogen-bond donors (Lipinski definition) is 1. The number of thioether (sulfide) groups is 1. The lowest BCUT2D eigenvalue weighted by Gasteiger charge is -2.25. The Morgan fingerprint density at radius 1 is 1.32 bits per heavy atom. The number of rotatable bonds is 2. The molecule has 1 unspecified atom stereocenters. The fourth-order valence-electron chi connectivity index (χ4n) is 2.79. The maximum atomic E-state index is 12.7. The first-order chi connectivity index (χ1) is 10.6. The largest absolute Gasteiger partial charge is 0.352 e. The Kier molecular flexibility index (Phi) is 4.16. The topological polar surface area (TPSA) is 37.3 Å². The molecule has 2 amide bonds. The van der Waals surface area contributed by atoms with E-state index in [0.29, 0.717) is 0 Å². The molecule has 0 spiro atoms. The normalized spacial score (nSPS) is 17.8. The van der Waals surface area contributed by atoms with Crippen LogP contribution in [0.25, 0.3) is 0 Å². The summed E-state index contributed by atoms with van der Waals surface area (Å²) in [5.74, 6) is 0.968. The van der Waals surface area contributed by atoms with E-state index in [2.05, 4.69) is 28.9 Å². The summed E-state index contributed by atoms with van der Waals surface area (Å²) in [6, 6.07) is 10.2. The van der Waals surface area contributed by atoms with Crippen molar-refractivity contribution < 1.29 is 4.79 Å². The maximum Gasteiger partial charge on any atom is 0.323 e. The number of carbonyl (C=O) groups is 1. The van der Waals surface area contributed by atoms with Crippen LogP contribution in [0.3, 0.4) is 0 Å². The van der Waals surface area contributed by atoms with Crippen molar-refractivity contribution in [3.05, 3.63) is 53.3 Å². The molecule has 4 nitrogen and oxygen atoms in total. The summed E-state index contributed by atoms with van der Waals surface area (Å²) in [6.07, 6.45) is 2.02. The van der Waals surface area contributed by atoms with E-state index >= 15 is 0 Å². The van der Waals surface area contributed by atoms with Crippen molar-refractivity contribution in [3.8, 4) is 0 Å². The molecule has 2 heterocycles. The first-order valence-electron chi connectivity index (χ1n) is 7.44. The van der Waals surface area contributed by atoms with Gasteiger partial charge in [-0.2, -0.15) is 0 Å². The van der Waals surface area contributed by atoms with Gasteiger partial charge >= 0.3 is 6.03 Å². The van der Waals surface area contributed by atoms with E-state index in [0.717, 1.165) is 23.5 Å². The van der Waals surface area contributed by atoms with Gasteiger partial charge in [0, 0.05) is 31.2 Å². The van der Waals surface area contributed by atoms with Crippen LogP contribution in [-0.4, -0.2) is 27.8 Å². The van der Waals surface area contributed by atoms with Crippen LogP contribution in [-0.2, 0) is 7.05 Å². The minimum absolute atomic E-state index is 0.0249. The number of benzene rings is 1. The second-order valence-corrected chi connectivity index (χ2v) is 6.90. The van der Waals surface area contributed by atoms with Crippen LogP contribution in [0, 0.1) is 13.8 Å². The molecule has 2 aromatic rings. The van der Waals surface area contributed by atoms with E-state index in [1.807, 2.05) is 55.0 Å². The summed E-state index contributed by atoms with van der Waals surface area (Å²) < 4.78 is 2.08. The Morgan fingerprint density at radius 2 is 2.14 bits per heavy atom. The monoisotopic (exact) mass is 315 g/mol. The van der Waals surface area contributed by atoms with Crippen LogP contribution >= 0.6 is 11.8 Å². The van der Waals surface area contributed by atoms with Gasteiger partial charge in [-0.3, -0.25) is 0 Å². The average molecular weight is 315 g/mol. The molecule has 1 saturated heterocycles. The smallest absolute Gasteiger partial charge is 0.323 e. The van der Waals surface area contributed by atoms with Crippen LogP contribution in [0.2, 0.25) is 0 Å². The number of aryl methyl sites for hydroxylation is 3. The third-order valence-electron chi connectivity index (χ3n) is 4.01. The van der Waals surface area contributed by atoms with Crippen LogP contribution < -0.4 is 5.32 Å². The predicted molar refractivity (Wildman–Crippen MR) is 92.3 cm³/mol.